The number of esters is 1. The van der Waals surface area contributed by atoms with Gasteiger partial charge < -0.3 is 4.74 Å². The summed E-state index contributed by atoms with van der Waals surface area (Å²) in [5.74, 6) is 1.10. The van der Waals surface area contributed by atoms with Crippen LogP contribution < -0.4 is 0 Å². The molecule has 2 aromatic carbocycles. The van der Waals surface area contributed by atoms with Crippen molar-refractivity contribution in [3.8, 4) is 0 Å². The summed E-state index contributed by atoms with van der Waals surface area (Å²) in [6.07, 6.45) is 1.76. The topological polar surface area (TPSA) is 38.7 Å². The van der Waals surface area contributed by atoms with Crippen LogP contribution in [0.1, 0.15) is 38.8 Å². The fraction of sp³-hybridized carbons (Fsp3) is 0.364. The molecule has 0 radical (unpaired) electrons. The fourth-order valence-corrected chi connectivity index (χ4v) is 3.35. The smallest absolute Gasteiger partial charge is 0.335 e. The van der Waals surface area contributed by atoms with E-state index in [1.807, 2.05) is 76.2 Å². The number of carbonyl (C=O) groups excluding carboxylic acids is 1. The molecule has 2 rings (SSSR count). The molecule has 0 bridgehead atoms. The number of ether oxygens (including phenoxy) is 1. The van der Waals surface area contributed by atoms with Gasteiger partial charge in [-0.15, -0.1) is 0 Å². The number of benzene rings is 2. The molecule has 0 fully saturated rings. The summed E-state index contributed by atoms with van der Waals surface area (Å²) in [6, 6.07) is 20.0. The summed E-state index contributed by atoms with van der Waals surface area (Å²) in [5.41, 5.74) is 0.735. The Morgan fingerprint density at radius 3 is 2.15 bits per heavy atom. The van der Waals surface area contributed by atoms with Crippen LogP contribution in [0.3, 0.4) is 0 Å². The Morgan fingerprint density at radius 1 is 1.00 bits per heavy atom. The minimum Gasteiger partial charge on any atom is -0.458 e. The van der Waals surface area contributed by atoms with Crippen LogP contribution >= 0.6 is 11.8 Å². The van der Waals surface area contributed by atoms with E-state index in [0.717, 1.165) is 11.3 Å². The molecule has 4 heteroatoms. The molecular formula is C22H27NO2S. The monoisotopic (exact) mass is 369 g/mol. The van der Waals surface area contributed by atoms with Crippen LogP contribution in [0.15, 0.2) is 65.7 Å². The molecule has 0 spiro atoms. The zero-order chi connectivity index (χ0) is 19.0. The van der Waals surface area contributed by atoms with Crippen molar-refractivity contribution in [2.45, 2.75) is 44.6 Å². The van der Waals surface area contributed by atoms with Gasteiger partial charge in [-0.2, -0.15) is 11.8 Å². The van der Waals surface area contributed by atoms with Gasteiger partial charge in [-0.05, 0) is 38.8 Å². The van der Waals surface area contributed by atoms with Gasteiger partial charge in [-0.25, -0.2) is 4.79 Å². The van der Waals surface area contributed by atoms with Crippen molar-refractivity contribution in [1.29, 1.82) is 0 Å². The zero-order valence-corrected chi connectivity index (χ0v) is 16.8. The molecule has 0 aliphatic rings. The standard InChI is InChI=1S/C22H27NO2S/c1-21(2,3)25-20(24)22(4,23-15-18-11-7-5-8-12-18)17-26-16-19-13-9-6-10-14-19/h5-15H,16-17H2,1-4H3/b23-15+. The highest BCUT2D eigenvalue weighted by molar-refractivity contribution is 7.98. The van der Waals surface area contributed by atoms with Crippen molar-refractivity contribution in [3.63, 3.8) is 0 Å². The van der Waals surface area contributed by atoms with E-state index in [4.69, 9.17) is 4.74 Å². The summed E-state index contributed by atoms with van der Waals surface area (Å²) >= 11 is 1.69. The van der Waals surface area contributed by atoms with Gasteiger partial charge in [-0.3, -0.25) is 4.99 Å². The van der Waals surface area contributed by atoms with Crippen molar-refractivity contribution in [1.82, 2.24) is 0 Å². The van der Waals surface area contributed by atoms with Gasteiger partial charge in [0.25, 0.3) is 0 Å². The van der Waals surface area contributed by atoms with E-state index in [9.17, 15) is 4.79 Å². The van der Waals surface area contributed by atoms with Crippen LogP contribution in [-0.2, 0) is 15.3 Å². The van der Waals surface area contributed by atoms with E-state index < -0.39 is 11.1 Å². The van der Waals surface area contributed by atoms with Crippen molar-refractivity contribution in [3.05, 3.63) is 71.8 Å². The van der Waals surface area contributed by atoms with Crippen LogP contribution in [0, 0.1) is 0 Å². The second kappa shape index (κ2) is 9.04. The molecule has 2 aromatic rings. The van der Waals surface area contributed by atoms with Crippen LogP contribution in [-0.4, -0.2) is 29.1 Å². The maximum Gasteiger partial charge on any atom is 0.335 e. The largest absolute Gasteiger partial charge is 0.458 e. The van der Waals surface area contributed by atoms with Crippen LogP contribution in [0.2, 0.25) is 0 Å². The third-order valence-corrected chi connectivity index (χ3v) is 4.94. The van der Waals surface area contributed by atoms with Gasteiger partial charge in [-0.1, -0.05) is 60.7 Å². The normalized spacial score (nSPS) is 14.2. The Balaban J connectivity index is 2.11. The van der Waals surface area contributed by atoms with Gasteiger partial charge >= 0.3 is 5.97 Å². The number of aliphatic imine (C=N–C) groups is 1. The van der Waals surface area contributed by atoms with Crippen molar-refractivity contribution in [2.24, 2.45) is 4.99 Å². The van der Waals surface area contributed by atoms with Crippen LogP contribution in [0.25, 0.3) is 0 Å². The Bertz CT molecular complexity index is 723. The molecule has 0 amide bonds. The Kier molecular flexibility index (Phi) is 7.04. The highest BCUT2D eigenvalue weighted by Crippen LogP contribution is 2.25. The Hall–Kier alpha value is -2.07. The van der Waals surface area contributed by atoms with Gasteiger partial charge in [0.1, 0.15) is 5.60 Å². The van der Waals surface area contributed by atoms with E-state index in [2.05, 4.69) is 17.1 Å². The quantitative estimate of drug-likeness (QED) is 0.501. The van der Waals surface area contributed by atoms with Gasteiger partial charge in [0, 0.05) is 17.7 Å². The van der Waals surface area contributed by atoms with Crippen molar-refractivity contribution >= 4 is 23.9 Å². The van der Waals surface area contributed by atoms with E-state index in [0.29, 0.717) is 5.75 Å². The molecule has 26 heavy (non-hydrogen) atoms. The Morgan fingerprint density at radius 2 is 1.58 bits per heavy atom. The lowest BCUT2D eigenvalue weighted by Crippen LogP contribution is -2.42. The molecule has 0 N–H and O–H groups in total. The molecule has 0 aliphatic carbocycles. The van der Waals surface area contributed by atoms with Crippen molar-refractivity contribution < 1.29 is 9.53 Å². The first-order chi connectivity index (χ1) is 12.3. The lowest BCUT2D eigenvalue weighted by atomic mass is 10.1. The first-order valence-electron chi connectivity index (χ1n) is 8.74. The summed E-state index contributed by atoms with van der Waals surface area (Å²) in [5, 5.41) is 0. The number of thioether (sulfide) groups is 1. The minimum absolute atomic E-state index is 0.294. The second-order valence-corrected chi connectivity index (χ2v) is 8.41. The predicted molar refractivity (Wildman–Crippen MR) is 111 cm³/mol. The molecule has 0 saturated carbocycles. The summed E-state index contributed by atoms with van der Waals surface area (Å²) in [6.45, 7) is 7.48. The number of nitrogens with zero attached hydrogens (tertiary/aromatic N) is 1. The van der Waals surface area contributed by atoms with E-state index >= 15 is 0 Å². The first kappa shape index (κ1) is 20.2. The molecule has 0 saturated heterocycles. The molecule has 0 aliphatic heterocycles. The number of hydrogen-bond donors (Lipinski definition) is 0. The highest BCUT2D eigenvalue weighted by Gasteiger charge is 2.36. The minimum atomic E-state index is -0.928. The second-order valence-electron chi connectivity index (χ2n) is 7.42. The average Bonchev–Trinajstić information content (AvgIpc) is 2.60. The molecule has 0 aromatic heterocycles. The zero-order valence-electron chi connectivity index (χ0n) is 15.9. The maximum atomic E-state index is 12.8. The molecule has 0 heterocycles. The fourth-order valence-electron chi connectivity index (χ4n) is 2.23. The predicted octanol–water partition coefficient (Wildman–Crippen LogP) is 5.14. The number of carbonyl (C=O) groups is 1. The highest BCUT2D eigenvalue weighted by atomic mass is 32.2. The lowest BCUT2D eigenvalue weighted by molar-refractivity contribution is -0.159. The van der Waals surface area contributed by atoms with Gasteiger partial charge in [0.2, 0.25) is 0 Å². The van der Waals surface area contributed by atoms with E-state index in [1.54, 1.807) is 18.0 Å². The molecular weight excluding hydrogens is 342 g/mol. The van der Waals surface area contributed by atoms with E-state index in [-0.39, 0.29) is 5.97 Å². The maximum absolute atomic E-state index is 12.8. The van der Waals surface area contributed by atoms with Crippen LogP contribution in [0.4, 0.5) is 0 Å². The number of rotatable bonds is 7. The molecule has 1 unspecified atom stereocenters. The SMILES string of the molecule is CC(C)(C)OC(=O)C(C)(CSCc1ccccc1)/N=C/c1ccccc1. The summed E-state index contributed by atoms with van der Waals surface area (Å²) in [7, 11) is 0. The van der Waals surface area contributed by atoms with Crippen molar-refractivity contribution in [2.75, 3.05) is 5.75 Å². The van der Waals surface area contributed by atoms with Gasteiger partial charge in [0.15, 0.2) is 5.54 Å². The number of hydrogen-bond acceptors (Lipinski definition) is 4. The third kappa shape index (κ3) is 6.68. The average molecular weight is 370 g/mol. The lowest BCUT2D eigenvalue weighted by Gasteiger charge is -2.28. The molecule has 1 atom stereocenters. The van der Waals surface area contributed by atoms with E-state index in [1.165, 1.54) is 5.56 Å². The Labute approximate surface area is 160 Å². The summed E-state index contributed by atoms with van der Waals surface area (Å²) in [4.78, 5) is 17.4. The molecule has 3 nitrogen and oxygen atoms in total. The third-order valence-electron chi connectivity index (χ3n) is 3.63. The molecule has 138 valence electrons. The van der Waals surface area contributed by atoms with Gasteiger partial charge in [0.05, 0.1) is 0 Å². The first-order valence-corrected chi connectivity index (χ1v) is 9.89. The van der Waals surface area contributed by atoms with Crippen LogP contribution in [0.5, 0.6) is 0 Å². The summed E-state index contributed by atoms with van der Waals surface area (Å²) < 4.78 is 5.63.